The highest BCUT2D eigenvalue weighted by molar-refractivity contribution is 5.59. The third kappa shape index (κ3) is 2.43. The lowest BCUT2D eigenvalue weighted by molar-refractivity contribution is 1.27. The van der Waals surface area contributed by atoms with E-state index in [0.717, 1.165) is 17.2 Å². The summed E-state index contributed by atoms with van der Waals surface area (Å²) in [5.74, 6) is 0.801. The normalized spacial score (nSPS) is 9.67. The van der Waals surface area contributed by atoms with Gasteiger partial charge in [-0.25, -0.2) is 4.98 Å². The molecule has 76 valence electrons. The van der Waals surface area contributed by atoms with Gasteiger partial charge in [-0.05, 0) is 18.2 Å². The summed E-state index contributed by atoms with van der Waals surface area (Å²) in [6, 6.07) is 7.67. The quantitative estimate of drug-likeness (QED) is 0.798. The zero-order valence-electron chi connectivity index (χ0n) is 8.44. The van der Waals surface area contributed by atoms with Gasteiger partial charge in [0.25, 0.3) is 0 Å². The van der Waals surface area contributed by atoms with Crippen LogP contribution in [0.2, 0.25) is 0 Å². The van der Waals surface area contributed by atoms with Gasteiger partial charge in [-0.2, -0.15) is 0 Å². The molecule has 0 spiro atoms. The molecular weight excluding hydrogens is 188 g/mol. The maximum Gasteiger partial charge on any atom is 0.132 e. The van der Waals surface area contributed by atoms with E-state index in [2.05, 4.69) is 20.6 Å². The molecule has 0 atom stereocenters. The third-order valence-corrected chi connectivity index (χ3v) is 1.98. The molecule has 0 saturated heterocycles. The molecule has 0 radical (unpaired) electrons. The number of nitrogens with zero attached hydrogens (tertiary/aromatic N) is 2. The Morgan fingerprint density at radius 1 is 1.13 bits per heavy atom. The van der Waals surface area contributed by atoms with E-state index < -0.39 is 0 Å². The maximum absolute atomic E-state index is 4.20. The maximum atomic E-state index is 4.20. The molecule has 0 unspecified atom stereocenters. The van der Waals surface area contributed by atoms with Gasteiger partial charge < -0.3 is 10.6 Å². The summed E-state index contributed by atoms with van der Waals surface area (Å²) in [7, 11) is 1.88. The summed E-state index contributed by atoms with van der Waals surface area (Å²) >= 11 is 0. The number of pyridine rings is 2. The van der Waals surface area contributed by atoms with Crippen molar-refractivity contribution in [2.24, 2.45) is 0 Å². The Bertz CT molecular complexity index is 428. The van der Waals surface area contributed by atoms with Crippen LogP contribution in [0, 0.1) is 0 Å². The van der Waals surface area contributed by atoms with E-state index in [1.165, 1.54) is 0 Å². The number of nitrogens with one attached hydrogen (secondary N) is 2. The molecule has 0 aromatic carbocycles. The van der Waals surface area contributed by atoms with Crippen molar-refractivity contribution in [3.8, 4) is 0 Å². The topological polar surface area (TPSA) is 49.8 Å². The van der Waals surface area contributed by atoms with Gasteiger partial charge in [-0.15, -0.1) is 0 Å². The molecule has 0 aliphatic rings. The highest BCUT2D eigenvalue weighted by Crippen LogP contribution is 2.15. The molecule has 2 heterocycles. The van der Waals surface area contributed by atoms with Gasteiger partial charge in [-0.3, -0.25) is 4.98 Å². The van der Waals surface area contributed by atoms with E-state index in [0.29, 0.717) is 0 Å². The van der Waals surface area contributed by atoms with Gasteiger partial charge in [0, 0.05) is 31.2 Å². The van der Waals surface area contributed by atoms with Crippen LogP contribution < -0.4 is 10.6 Å². The number of rotatable bonds is 3. The van der Waals surface area contributed by atoms with Crippen LogP contribution >= 0.6 is 0 Å². The molecule has 0 fully saturated rings. The summed E-state index contributed by atoms with van der Waals surface area (Å²) in [4.78, 5) is 8.22. The number of hydrogen-bond donors (Lipinski definition) is 2. The van der Waals surface area contributed by atoms with Crippen LogP contribution in [0.3, 0.4) is 0 Å². The highest BCUT2D eigenvalue weighted by Gasteiger charge is 1.96. The molecule has 0 saturated carbocycles. The van der Waals surface area contributed by atoms with Crippen LogP contribution in [-0.4, -0.2) is 17.0 Å². The van der Waals surface area contributed by atoms with Crippen molar-refractivity contribution in [2.45, 2.75) is 0 Å². The fraction of sp³-hybridized carbons (Fsp3) is 0.0909. The Kier molecular flexibility index (Phi) is 2.78. The molecule has 0 amide bonds. The first-order chi connectivity index (χ1) is 7.38. The second-order valence-electron chi connectivity index (χ2n) is 3.05. The second-order valence-corrected chi connectivity index (χ2v) is 3.05. The van der Waals surface area contributed by atoms with Crippen LogP contribution in [0.4, 0.5) is 17.2 Å². The lowest BCUT2D eigenvalue weighted by Crippen LogP contribution is -1.95. The van der Waals surface area contributed by atoms with Crippen LogP contribution in [-0.2, 0) is 0 Å². The van der Waals surface area contributed by atoms with Crippen molar-refractivity contribution in [2.75, 3.05) is 17.7 Å². The van der Waals surface area contributed by atoms with Crippen LogP contribution in [0.25, 0.3) is 0 Å². The summed E-state index contributed by atoms with van der Waals surface area (Å²) in [5, 5.41) is 6.22. The van der Waals surface area contributed by atoms with E-state index in [-0.39, 0.29) is 0 Å². The van der Waals surface area contributed by atoms with Crippen molar-refractivity contribution in [3.63, 3.8) is 0 Å². The van der Waals surface area contributed by atoms with Crippen LogP contribution in [0.15, 0.2) is 42.9 Å². The van der Waals surface area contributed by atoms with E-state index in [4.69, 9.17) is 0 Å². The van der Waals surface area contributed by atoms with Crippen molar-refractivity contribution >= 4 is 17.2 Å². The fourth-order valence-electron chi connectivity index (χ4n) is 1.24. The molecule has 0 bridgehead atoms. The van der Waals surface area contributed by atoms with E-state index in [1.807, 2.05) is 31.3 Å². The van der Waals surface area contributed by atoms with Crippen molar-refractivity contribution in [1.29, 1.82) is 0 Å². The number of anilines is 3. The Morgan fingerprint density at radius 2 is 2.07 bits per heavy atom. The molecule has 2 N–H and O–H groups in total. The monoisotopic (exact) mass is 200 g/mol. The molecule has 2 aromatic rings. The lowest BCUT2D eigenvalue weighted by atomic mass is 10.3. The largest absolute Gasteiger partial charge is 0.388 e. The predicted octanol–water partition coefficient (Wildman–Crippen LogP) is 2.26. The molecule has 2 rings (SSSR count). The zero-order chi connectivity index (χ0) is 10.5. The zero-order valence-corrected chi connectivity index (χ0v) is 8.44. The first-order valence-corrected chi connectivity index (χ1v) is 4.69. The second kappa shape index (κ2) is 4.41. The molecule has 4 heteroatoms. The van der Waals surface area contributed by atoms with Crippen LogP contribution in [0.5, 0.6) is 0 Å². The van der Waals surface area contributed by atoms with E-state index in [9.17, 15) is 0 Å². The number of hydrogen-bond acceptors (Lipinski definition) is 4. The Morgan fingerprint density at radius 3 is 2.80 bits per heavy atom. The van der Waals surface area contributed by atoms with Gasteiger partial charge in [0.1, 0.15) is 5.82 Å². The predicted molar refractivity (Wildman–Crippen MR) is 61.3 cm³/mol. The minimum atomic E-state index is 0.801. The SMILES string of the molecule is CNc1ccnc(Nc2cccnc2)c1. The highest BCUT2D eigenvalue weighted by atomic mass is 15.0. The summed E-state index contributed by atoms with van der Waals surface area (Å²) in [6.07, 6.45) is 5.25. The first-order valence-electron chi connectivity index (χ1n) is 4.69. The first kappa shape index (κ1) is 9.45. The molecule has 2 aromatic heterocycles. The van der Waals surface area contributed by atoms with Gasteiger partial charge >= 0.3 is 0 Å². The van der Waals surface area contributed by atoms with E-state index in [1.54, 1.807) is 18.6 Å². The summed E-state index contributed by atoms with van der Waals surface area (Å²) in [5.41, 5.74) is 1.95. The summed E-state index contributed by atoms with van der Waals surface area (Å²) in [6.45, 7) is 0. The van der Waals surface area contributed by atoms with Gasteiger partial charge in [0.2, 0.25) is 0 Å². The van der Waals surface area contributed by atoms with Gasteiger partial charge in [0.05, 0.1) is 11.9 Å². The molecular formula is C11H12N4. The Balaban J connectivity index is 2.17. The fourth-order valence-corrected chi connectivity index (χ4v) is 1.24. The van der Waals surface area contributed by atoms with Crippen molar-refractivity contribution in [3.05, 3.63) is 42.9 Å². The van der Waals surface area contributed by atoms with Crippen molar-refractivity contribution in [1.82, 2.24) is 9.97 Å². The average Bonchev–Trinajstić information content (AvgIpc) is 2.31. The van der Waals surface area contributed by atoms with Gasteiger partial charge in [-0.1, -0.05) is 0 Å². The third-order valence-electron chi connectivity index (χ3n) is 1.98. The van der Waals surface area contributed by atoms with E-state index >= 15 is 0 Å². The minimum absolute atomic E-state index is 0.801. The standard InChI is InChI=1S/C11H12N4/c1-12-9-4-6-14-11(7-9)15-10-3-2-5-13-8-10/h2-8H,1H3,(H2,12,14,15). The molecule has 0 aliphatic heterocycles. The number of aromatic nitrogens is 2. The van der Waals surface area contributed by atoms with Gasteiger partial charge in [0.15, 0.2) is 0 Å². The Hall–Kier alpha value is -2.10. The molecule has 4 nitrogen and oxygen atoms in total. The minimum Gasteiger partial charge on any atom is -0.388 e. The lowest BCUT2D eigenvalue weighted by Gasteiger charge is -2.06. The smallest absolute Gasteiger partial charge is 0.132 e. The molecule has 15 heavy (non-hydrogen) atoms. The van der Waals surface area contributed by atoms with Crippen molar-refractivity contribution < 1.29 is 0 Å². The average molecular weight is 200 g/mol. The Labute approximate surface area is 88.4 Å². The summed E-state index contributed by atoms with van der Waals surface area (Å²) < 4.78 is 0. The van der Waals surface area contributed by atoms with Crippen LogP contribution in [0.1, 0.15) is 0 Å². The molecule has 0 aliphatic carbocycles.